The summed E-state index contributed by atoms with van der Waals surface area (Å²) >= 11 is 0. The zero-order chi connectivity index (χ0) is 13.7. The van der Waals surface area contributed by atoms with Crippen LogP contribution in [0.2, 0.25) is 0 Å². The SMILES string of the molecule is CCOC(=O)Cc1cc(C=O)c([N+](=O)[O-])cc1C. The van der Waals surface area contributed by atoms with Crippen molar-refractivity contribution in [3.8, 4) is 0 Å². The first kappa shape index (κ1) is 13.8. The first-order chi connectivity index (χ1) is 8.49. The van der Waals surface area contributed by atoms with Gasteiger partial charge in [-0.3, -0.25) is 19.7 Å². The summed E-state index contributed by atoms with van der Waals surface area (Å²) in [5.74, 6) is -0.425. The third-order valence-electron chi connectivity index (χ3n) is 2.45. The monoisotopic (exact) mass is 251 g/mol. The van der Waals surface area contributed by atoms with Crippen LogP contribution < -0.4 is 0 Å². The summed E-state index contributed by atoms with van der Waals surface area (Å²) in [4.78, 5) is 32.2. The van der Waals surface area contributed by atoms with Crippen LogP contribution in [-0.2, 0) is 16.0 Å². The normalized spacial score (nSPS) is 9.89. The van der Waals surface area contributed by atoms with E-state index in [1.165, 1.54) is 12.1 Å². The second kappa shape index (κ2) is 5.90. The number of aldehydes is 1. The van der Waals surface area contributed by atoms with Gasteiger partial charge in [0.2, 0.25) is 0 Å². The number of nitro groups is 1. The van der Waals surface area contributed by atoms with Gasteiger partial charge in [0.25, 0.3) is 5.69 Å². The van der Waals surface area contributed by atoms with Gasteiger partial charge < -0.3 is 4.74 Å². The van der Waals surface area contributed by atoms with E-state index in [-0.39, 0.29) is 24.3 Å². The average Bonchev–Trinajstić information content (AvgIpc) is 2.31. The molecule has 0 spiro atoms. The van der Waals surface area contributed by atoms with E-state index in [0.29, 0.717) is 17.4 Å². The lowest BCUT2D eigenvalue weighted by Gasteiger charge is -2.07. The van der Waals surface area contributed by atoms with Crippen molar-refractivity contribution in [2.24, 2.45) is 0 Å². The Hall–Kier alpha value is -2.24. The van der Waals surface area contributed by atoms with Crippen LogP contribution in [0.5, 0.6) is 0 Å². The maximum absolute atomic E-state index is 11.3. The molecular weight excluding hydrogens is 238 g/mol. The molecule has 0 aliphatic rings. The van der Waals surface area contributed by atoms with E-state index >= 15 is 0 Å². The third-order valence-corrected chi connectivity index (χ3v) is 2.45. The number of esters is 1. The maximum atomic E-state index is 11.3. The molecule has 0 saturated heterocycles. The van der Waals surface area contributed by atoms with Crippen molar-refractivity contribution >= 4 is 17.9 Å². The highest BCUT2D eigenvalue weighted by atomic mass is 16.6. The fraction of sp³-hybridized carbons (Fsp3) is 0.333. The van der Waals surface area contributed by atoms with Crippen LogP contribution in [0.1, 0.15) is 28.4 Å². The van der Waals surface area contributed by atoms with E-state index in [2.05, 4.69) is 0 Å². The van der Waals surface area contributed by atoms with Gasteiger partial charge in [-0.05, 0) is 31.0 Å². The zero-order valence-corrected chi connectivity index (χ0v) is 10.1. The molecular formula is C12H13NO5. The molecule has 0 amide bonds. The van der Waals surface area contributed by atoms with Crippen LogP contribution in [0, 0.1) is 17.0 Å². The van der Waals surface area contributed by atoms with Gasteiger partial charge in [0.1, 0.15) is 0 Å². The standard InChI is InChI=1S/C12H13NO5/c1-3-18-12(15)6-9-5-10(7-14)11(13(16)17)4-8(9)2/h4-5,7H,3,6H2,1-2H3. The molecule has 0 radical (unpaired) electrons. The topological polar surface area (TPSA) is 86.5 Å². The van der Waals surface area contributed by atoms with E-state index in [1.807, 2.05) is 0 Å². The molecule has 0 aliphatic carbocycles. The Morgan fingerprint density at radius 1 is 1.50 bits per heavy atom. The van der Waals surface area contributed by atoms with E-state index in [9.17, 15) is 19.7 Å². The fourth-order valence-electron chi connectivity index (χ4n) is 1.57. The number of rotatable bonds is 5. The van der Waals surface area contributed by atoms with Crippen molar-refractivity contribution in [1.82, 2.24) is 0 Å². The van der Waals surface area contributed by atoms with Gasteiger partial charge in [-0.15, -0.1) is 0 Å². The van der Waals surface area contributed by atoms with Crippen molar-refractivity contribution in [3.05, 3.63) is 38.9 Å². The summed E-state index contributed by atoms with van der Waals surface area (Å²) in [6.45, 7) is 3.61. The molecule has 6 nitrogen and oxygen atoms in total. The number of hydrogen-bond donors (Lipinski definition) is 0. The number of ether oxygens (including phenoxy) is 1. The Labute approximate surface area is 104 Å². The molecule has 18 heavy (non-hydrogen) atoms. The second-order valence-corrected chi connectivity index (χ2v) is 3.69. The van der Waals surface area contributed by atoms with Crippen LogP contribution in [0.25, 0.3) is 0 Å². The van der Waals surface area contributed by atoms with Crippen molar-refractivity contribution in [1.29, 1.82) is 0 Å². The van der Waals surface area contributed by atoms with E-state index in [4.69, 9.17) is 4.74 Å². The number of aryl methyl sites for hydroxylation is 1. The molecule has 0 bridgehead atoms. The summed E-state index contributed by atoms with van der Waals surface area (Å²) in [5, 5.41) is 10.7. The second-order valence-electron chi connectivity index (χ2n) is 3.69. The Balaban J connectivity index is 3.11. The molecule has 1 rings (SSSR count). The zero-order valence-electron chi connectivity index (χ0n) is 10.1. The van der Waals surface area contributed by atoms with Crippen LogP contribution in [0.3, 0.4) is 0 Å². The van der Waals surface area contributed by atoms with Gasteiger partial charge in [0.15, 0.2) is 6.29 Å². The molecule has 1 aromatic rings. The van der Waals surface area contributed by atoms with Gasteiger partial charge in [-0.2, -0.15) is 0 Å². The minimum atomic E-state index is -0.620. The molecule has 96 valence electrons. The molecule has 0 unspecified atom stereocenters. The molecule has 0 aromatic heterocycles. The Morgan fingerprint density at radius 2 is 2.17 bits per heavy atom. The molecule has 0 fully saturated rings. The quantitative estimate of drug-likeness (QED) is 0.345. The largest absolute Gasteiger partial charge is 0.466 e. The van der Waals surface area contributed by atoms with Crippen molar-refractivity contribution in [2.45, 2.75) is 20.3 Å². The molecule has 0 heterocycles. The number of carbonyl (C=O) groups excluding carboxylic acids is 2. The number of nitrogens with zero attached hydrogens (tertiary/aromatic N) is 1. The summed E-state index contributed by atoms with van der Waals surface area (Å²) in [6.07, 6.45) is 0.407. The lowest BCUT2D eigenvalue weighted by atomic mass is 10.0. The highest BCUT2D eigenvalue weighted by molar-refractivity contribution is 5.83. The van der Waals surface area contributed by atoms with Gasteiger partial charge in [0, 0.05) is 6.07 Å². The molecule has 0 saturated carbocycles. The van der Waals surface area contributed by atoms with E-state index in [0.717, 1.165) is 0 Å². The predicted octanol–water partition coefficient (Wildman–Crippen LogP) is 1.82. The van der Waals surface area contributed by atoms with E-state index < -0.39 is 10.9 Å². The molecule has 1 aromatic carbocycles. The molecule has 0 atom stereocenters. The van der Waals surface area contributed by atoms with Gasteiger partial charge in [-0.25, -0.2) is 0 Å². The van der Waals surface area contributed by atoms with Crippen LogP contribution in [0.4, 0.5) is 5.69 Å². The van der Waals surface area contributed by atoms with Crippen molar-refractivity contribution in [3.63, 3.8) is 0 Å². The minimum Gasteiger partial charge on any atom is -0.466 e. The number of benzene rings is 1. The maximum Gasteiger partial charge on any atom is 0.310 e. The van der Waals surface area contributed by atoms with Gasteiger partial charge in [-0.1, -0.05) is 0 Å². The average molecular weight is 251 g/mol. The minimum absolute atomic E-state index is 0.00148. The Morgan fingerprint density at radius 3 is 2.67 bits per heavy atom. The number of nitro benzene ring substituents is 1. The van der Waals surface area contributed by atoms with Crippen LogP contribution in [0.15, 0.2) is 12.1 Å². The van der Waals surface area contributed by atoms with E-state index in [1.54, 1.807) is 13.8 Å². The molecule has 0 N–H and O–H groups in total. The highest BCUT2D eigenvalue weighted by Crippen LogP contribution is 2.22. The fourth-order valence-corrected chi connectivity index (χ4v) is 1.57. The Kier molecular flexibility index (Phi) is 4.53. The van der Waals surface area contributed by atoms with Crippen molar-refractivity contribution < 1.29 is 19.2 Å². The number of carbonyl (C=O) groups is 2. The molecule has 0 aliphatic heterocycles. The summed E-state index contributed by atoms with van der Waals surface area (Å²) < 4.78 is 4.79. The van der Waals surface area contributed by atoms with Crippen LogP contribution >= 0.6 is 0 Å². The number of hydrogen-bond acceptors (Lipinski definition) is 5. The first-order valence-corrected chi connectivity index (χ1v) is 5.38. The predicted molar refractivity (Wildman–Crippen MR) is 63.6 cm³/mol. The summed E-state index contributed by atoms with van der Waals surface area (Å²) in [6, 6.07) is 2.65. The van der Waals surface area contributed by atoms with Crippen LogP contribution in [-0.4, -0.2) is 23.8 Å². The molecule has 6 heteroatoms. The summed E-state index contributed by atoms with van der Waals surface area (Å²) in [5.41, 5.74) is 0.849. The Bertz CT molecular complexity index is 495. The highest BCUT2D eigenvalue weighted by Gasteiger charge is 2.17. The van der Waals surface area contributed by atoms with Gasteiger partial charge in [0.05, 0.1) is 23.5 Å². The lowest BCUT2D eigenvalue weighted by Crippen LogP contribution is -2.09. The van der Waals surface area contributed by atoms with Crippen molar-refractivity contribution in [2.75, 3.05) is 6.61 Å². The summed E-state index contributed by atoms with van der Waals surface area (Å²) in [7, 11) is 0. The lowest BCUT2D eigenvalue weighted by molar-refractivity contribution is -0.385. The smallest absolute Gasteiger partial charge is 0.310 e. The third kappa shape index (κ3) is 3.13. The first-order valence-electron chi connectivity index (χ1n) is 5.38. The van der Waals surface area contributed by atoms with Gasteiger partial charge >= 0.3 is 5.97 Å².